The SMILES string of the molecule is CCOc1ccc(N(CC(=O)N(Cc2ccccc2)[C@H](CC)C(=O)NC(C)(C)C)S(=O)(=O)c2ccc(OC)c(OC)c2)cc1. The molecular formula is C33H43N3O7S. The number of benzene rings is 3. The molecular weight excluding hydrogens is 582 g/mol. The molecule has 0 aliphatic heterocycles. The van der Waals surface area contributed by atoms with Gasteiger partial charge in [-0.3, -0.25) is 13.9 Å². The number of methoxy groups -OCH3 is 2. The van der Waals surface area contributed by atoms with Crippen molar-refractivity contribution < 1.29 is 32.2 Å². The van der Waals surface area contributed by atoms with Crippen LogP contribution in [-0.2, 0) is 26.2 Å². The average Bonchev–Trinajstić information content (AvgIpc) is 2.99. The van der Waals surface area contributed by atoms with Crippen molar-refractivity contribution in [3.05, 3.63) is 78.4 Å². The molecule has 0 unspecified atom stereocenters. The number of ether oxygens (including phenoxy) is 3. The van der Waals surface area contributed by atoms with E-state index in [-0.39, 0.29) is 28.8 Å². The lowest BCUT2D eigenvalue weighted by Gasteiger charge is -2.34. The summed E-state index contributed by atoms with van der Waals surface area (Å²) in [5, 5.41) is 2.97. The van der Waals surface area contributed by atoms with Crippen molar-refractivity contribution >= 4 is 27.5 Å². The van der Waals surface area contributed by atoms with Gasteiger partial charge >= 0.3 is 0 Å². The van der Waals surface area contributed by atoms with Gasteiger partial charge in [-0.05, 0) is 76.1 Å². The first-order valence-corrected chi connectivity index (χ1v) is 15.9. The summed E-state index contributed by atoms with van der Waals surface area (Å²) < 4.78 is 45.7. The lowest BCUT2D eigenvalue weighted by molar-refractivity contribution is -0.141. The number of carbonyl (C=O) groups excluding carboxylic acids is 2. The first-order valence-electron chi connectivity index (χ1n) is 14.5. The second-order valence-corrected chi connectivity index (χ2v) is 13.0. The molecule has 3 aromatic carbocycles. The second kappa shape index (κ2) is 15.0. The summed E-state index contributed by atoms with van der Waals surface area (Å²) in [5.74, 6) is 0.283. The highest BCUT2D eigenvalue weighted by Gasteiger charge is 2.35. The van der Waals surface area contributed by atoms with Gasteiger partial charge in [0.2, 0.25) is 11.8 Å². The number of carbonyl (C=O) groups is 2. The zero-order valence-electron chi connectivity index (χ0n) is 26.5. The highest BCUT2D eigenvalue weighted by Crippen LogP contribution is 2.33. The summed E-state index contributed by atoms with van der Waals surface area (Å²) in [6.45, 7) is 9.26. The third kappa shape index (κ3) is 8.66. The Morgan fingerprint density at radius 3 is 2.07 bits per heavy atom. The molecule has 0 saturated carbocycles. The molecule has 11 heteroatoms. The number of nitrogens with one attached hydrogen (secondary N) is 1. The van der Waals surface area contributed by atoms with Gasteiger partial charge in [0.1, 0.15) is 18.3 Å². The van der Waals surface area contributed by atoms with Crippen LogP contribution in [0, 0.1) is 0 Å². The molecule has 44 heavy (non-hydrogen) atoms. The standard InChI is InChI=1S/C33H43N3O7S/c1-8-28(32(38)34-33(3,4)5)35(22-24-13-11-10-12-14-24)31(37)23-36(25-15-17-26(18-16-25)43-9-2)44(39,40)27-19-20-29(41-6)30(21-27)42-7/h10-21,28H,8-9,22-23H2,1-7H3,(H,34,38)/t28-/m1/s1. The van der Waals surface area contributed by atoms with Crippen LogP contribution in [0.4, 0.5) is 5.69 Å². The number of amides is 2. The van der Waals surface area contributed by atoms with Crippen molar-refractivity contribution in [3.8, 4) is 17.2 Å². The molecule has 10 nitrogen and oxygen atoms in total. The Hall–Kier alpha value is -4.25. The van der Waals surface area contributed by atoms with Gasteiger partial charge in [-0.1, -0.05) is 37.3 Å². The fourth-order valence-corrected chi connectivity index (χ4v) is 6.09. The van der Waals surface area contributed by atoms with Crippen molar-refractivity contribution in [2.75, 3.05) is 31.7 Å². The Balaban J connectivity index is 2.11. The molecule has 0 spiro atoms. The van der Waals surface area contributed by atoms with Gasteiger partial charge in [0.05, 0.1) is 31.4 Å². The van der Waals surface area contributed by atoms with Crippen LogP contribution in [0.1, 0.15) is 46.6 Å². The van der Waals surface area contributed by atoms with E-state index < -0.39 is 34.1 Å². The van der Waals surface area contributed by atoms with Crippen LogP contribution in [0.15, 0.2) is 77.7 Å². The zero-order valence-corrected chi connectivity index (χ0v) is 27.3. The monoisotopic (exact) mass is 625 g/mol. The van der Waals surface area contributed by atoms with Gasteiger partial charge in [-0.15, -0.1) is 0 Å². The molecule has 0 aliphatic rings. The van der Waals surface area contributed by atoms with E-state index in [0.717, 1.165) is 9.87 Å². The van der Waals surface area contributed by atoms with Crippen molar-refractivity contribution in [2.24, 2.45) is 0 Å². The smallest absolute Gasteiger partial charge is 0.264 e. The van der Waals surface area contributed by atoms with Crippen molar-refractivity contribution in [1.29, 1.82) is 0 Å². The summed E-state index contributed by atoms with van der Waals surface area (Å²) in [4.78, 5) is 29.0. The zero-order chi connectivity index (χ0) is 32.5. The van der Waals surface area contributed by atoms with Crippen LogP contribution in [0.5, 0.6) is 17.2 Å². The molecule has 3 aromatic rings. The Labute approximate surface area is 261 Å². The number of rotatable bonds is 14. The molecule has 0 fully saturated rings. The Bertz CT molecular complexity index is 1500. The van der Waals surface area contributed by atoms with Crippen LogP contribution >= 0.6 is 0 Å². The maximum Gasteiger partial charge on any atom is 0.264 e. The molecule has 0 saturated heterocycles. The van der Waals surface area contributed by atoms with E-state index in [1.807, 2.05) is 65.0 Å². The fraction of sp³-hybridized carbons (Fsp3) is 0.394. The summed E-state index contributed by atoms with van der Waals surface area (Å²) >= 11 is 0. The predicted molar refractivity (Wildman–Crippen MR) is 171 cm³/mol. The predicted octanol–water partition coefficient (Wildman–Crippen LogP) is 5.02. The molecule has 0 radical (unpaired) electrons. The molecule has 2 amide bonds. The van der Waals surface area contributed by atoms with E-state index >= 15 is 0 Å². The Morgan fingerprint density at radius 1 is 0.886 bits per heavy atom. The van der Waals surface area contributed by atoms with Gasteiger partial charge in [-0.25, -0.2) is 8.42 Å². The van der Waals surface area contributed by atoms with E-state index in [2.05, 4.69) is 5.32 Å². The molecule has 238 valence electrons. The van der Waals surface area contributed by atoms with Crippen LogP contribution in [0.2, 0.25) is 0 Å². The summed E-state index contributed by atoms with van der Waals surface area (Å²) in [6, 6.07) is 19.2. The quantitative estimate of drug-likeness (QED) is 0.268. The summed E-state index contributed by atoms with van der Waals surface area (Å²) in [5.41, 5.74) is 0.526. The van der Waals surface area contributed by atoms with Crippen LogP contribution < -0.4 is 23.8 Å². The first kappa shape index (κ1) is 34.2. The first-order chi connectivity index (χ1) is 20.8. The summed E-state index contributed by atoms with van der Waals surface area (Å²) in [7, 11) is -1.44. The third-order valence-corrected chi connectivity index (χ3v) is 8.51. The lowest BCUT2D eigenvalue weighted by Crippen LogP contribution is -2.55. The minimum absolute atomic E-state index is 0.0936. The normalized spacial score (nSPS) is 12.2. The number of sulfonamides is 1. The minimum atomic E-state index is -4.31. The highest BCUT2D eigenvalue weighted by molar-refractivity contribution is 7.92. The molecule has 1 atom stereocenters. The van der Waals surface area contributed by atoms with Gasteiger partial charge in [0.25, 0.3) is 10.0 Å². The Kier molecular flexibility index (Phi) is 11.6. The van der Waals surface area contributed by atoms with Crippen LogP contribution in [0.25, 0.3) is 0 Å². The van der Waals surface area contributed by atoms with Crippen molar-refractivity contribution in [3.63, 3.8) is 0 Å². The number of nitrogens with zero attached hydrogens (tertiary/aromatic N) is 2. The lowest BCUT2D eigenvalue weighted by atomic mass is 10.1. The fourth-order valence-electron chi connectivity index (χ4n) is 4.66. The maximum absolute atomic E-state index is 14.2. The Morgan fingerprint density at radius 2 is 1.52 bits per heavy atom. The van der Waals surface area contributed by atoms with Crippen molar-refractivity contribution in [2.45, 2.75) is 64.1 Å². The molecule has 1 N–H and O–H groups in total. The van der Waals surface area contributed by atoms with Gasteiger partial charge in [0.15, 0.2) is 11.5 Å². The molecule has 3 rings (SSSR count). The van der Waals surface area contributed by atoms with Crippen LogP contribution in [0.3, 0.4) is 0 Å². The van der Waals surface area contributed by atoms with E-state index in [1.54, 1.807) is 24.3 Å². The average molecular weight is 626 g/mol. The molecule has 0 aliphatic carbocycles. The number of anilines is 1. The van der Waals surface area contributed by atoms with Gasteiger partial charge < -0.3 is 24.4 Å². The number of hydrogen-bond acceptors (Lipinski definition) is 7. The van der Waals surface area contributed by atoms with E-state index in [9.17, 15) is 18.0 Å². The third-order valence-electron chi connectivity index (χ3n) is 6.74. The molecule has 0 bridgehead atoms. The number of hydrogen-bond donors (Lipinski definition) is 1. The second-order valence-electron chi connectivity index (χ2n) is 11.1. The van der Waals surface area contributed by atoms with E-state index in [0.29, 0.717) is 24.5 Å². The minimum Gasteiger partial charge on any atom is -0.494 e. The van der Waals surface area contributed by atoms with Gasteiger partial charge in [-0.2, -0.15) is 0 Å². The van der Waals surface area contributed by atoms with Gasteiger partial charge in [0, 0.05) is 18.2 Å². The largest absolute Gasteiger partial charge is 0.494 e. The van der Waals surface area contributed by atoms with Crippen molar-refractivity contribution in [1.82, 2.24) is 10.2 Å². The molecule has 0 heterocycles. The topological polar surface area (TPSA) is 114 Å². The molecule has 0 aromatic heterocycles. The summed E-state index contributed by atoms with van der Waals surface area (Å²) in [6.07, 6.45) is 0.325. The van der Waals surface area contributed by atoms with E-state index in [1.165, 1.54) is 37.3 Å². The van der Waals surface area contributed by atoms with E-state index in [4.69, 9.17) is 14.2 Å². The van der Waals surface area contributed by atoms with Crippen LogP contribution in [-0.4, -0.2) is 64.1 Å². The highest BCUT2D eigenvalue weighted by atomic mass is 32.2. The maximum atomic E-state index is 14.2.